The van der Waals surface area contributed by atoms with Gasteiger partial charge in [0.15, 0.2) is 5.03 Å². The third kappa shape index (κ3) is 4.71. The molecule has 0 radical (unpaired) electrons. The third-order valence-electron chi connectivity index (χ3n) is 5.43. The van der Waals surface area contributed by atoms with Crippen LogP contribution in [0.2, 0.25) is 10.0 Å². The zero-order valence-electron chi connectivity index (χ0n) is 17.1. The molecule has 0 bridgehead atoms. The fraction of sp³-hybridized carbons (Fsp3) is 0.455. The van der Waals surface area contributed by atoms with Crippen LogP contribution in [0.25, 0.3) is 0 Å². The minimum atomic E-state index is 0.119. The van der Waals surface area contributed by atoms with Gasteiger partial charge in [0.25, 0.3) is 5.82 Å². The summed E-state index contributed by atoms with van der Waals surface area (Å²) in [6, 6.07) is 8.19. The summed E-state index contributed by atoms with van der Waals surface area (Å²) in [4.78, 5) is 5.99. The summed E-state index contributed by atoms with van der Waals surface area (Å²) >= 11 is 15.8. The van der Waals surface area contributed by atoms with Crippen molar-refractivity contribution in [2.45, 2.75) is 41.5 Å². The molecule has 3 heterocycles. The highest BCUT2D eigenvalue weighted by Crippen LogP contribution is 2.43. The number of benzene rings is 1. The molecule has 0 aliphatic carbocycles. The lowest BCUT2D eigenvalue weighted by atomic mass is 9.94. The van der Waals surface area contributed by atoms with Gasteiger partial charge in [-0.15, -0.1) is 0 Å². The Morgan fingerprint density at radius 2 is 2.00 bits per heavy atom. The lowest BCUT2D eigenvalue weighted by Crippen LogP contribution is -2.42. The molecule has 1 saturated heterocycles. The number of pyridine rings is 1. The SMILES string of the molecule is CC1(C)Cc2c(C#N)c(SCc3ccc(Cl)c(Cl)c3)[nH+]c(N3CCOCC3)c2CS1. The summed E-state index contributed by atoms with van der Waals surface area (Å²) in [7, 11) is 0. The van der Waals surface area contributed by atoms with Crippen LogP contribution in [0.5, 0.6) is 0 Å². The average molecular weight is 481 g/mol. The zero-order valence-corrected chi connectivity index (χ0v) is 20.2. The summed E-state index contributed by atoms with van der Waals surface area (Å²) in [6.07, 6.45) is 0.891. The first-order valence-corrected chi connectivity index (χ1v) is 12.6. The fourth-order valence-electron chi connectivity index (χ4n) is 3.84. The minimum Gasteiger partial charge on any atom is -0.373 e. The minimum absolute atomic E-state index is 0.119. The van der Waals surface area contributed by atoms with Crippen molar-refractivity contribution >= 4 is 52.5 Å². The number of thioether (sulfide) groups is 2. The summed E-state index contributed by atoms with van der Waals surface area (Å²) in [5.74, 6) is 2.77. The van der Waals surface area contributed by atoms with E-state index >= 15 is 0 Å². The van der Waals surface area contributed by atoms with E-state index in [9.17, 15) is 5.26 Å². The van der Waals surface area contributed by atoms with E-state index in [0.717, 1.165) is 60.4 Å². The number of nitriles is 1. The standard InChI is InChI=1S/C22H23Cl2N3OS2/c1-22(2)10-15-16(11-25)21(29-12-14-3-4-18(23)19(24)9-14)26-20(17(15)13-30-22)27-5-7-28-8-6-27/h3-4,9H,5-8,10,12-13H2,1-2H3/p+1. The van der Waals surface area contributed by atoms with Crippen LogP contribution in [-0.2, 0) is 22.7 Å². The first kappa shape index (κ1) is 22.1. The number of hydrogen-bond donors (Lipinski definition) is 0. The van der Waals surface area contributed by atoms with Crippen LogP contribution in [0.15, 0.2) is 23.2 Å². The second kappa shape index (κ2) is 9.18. The lowest BCUT2D eigenvalue weighted by Gasteiger charge is -2.33. The van der Waals surface area contributed by atoms with Gasteiger partial charge in [-0.05, 0) is 29.7 Å². The van der Waals surface area contributed by atoms with E-state index in [0.29, 0.717) is 15.8 Å². The van der Waals surface area contributed by atoms with Gasteiger partial charge >= 0.3 is 0 Å². The highest BCUT2D eigenvalue weighted by molar-refractivity contribution is 8.00. The van der Waals surface area contributed by atoms with Crippen molar-refractivity contribution in [1.82, 2.24) is 0 Å². The van der Waals surface area contributed by atoms with E-state index in [2.05, 4.69) is 29.8 Å². The van der Waals surface area contributed by atoms with Crippen LogP contribution in [0.4, 0.5) is 5.82 Å². The monoisotopic (exact) mass is 480 g/mol. The maximum atomic E-state index is 10.1. The third-order valence-corrected chi connectivity index (χ3v) is 8.60. The number of aromatic amines is 1. The van der Waals surface area contributed by atoms with E-state index in [4.69, 9.17) is 27.9 Å². The van der Waals surface area contributed by atoms with E-state index in [-0.39, 0.29) is 4.75 Å². The number of ether oxygens (including phenoxy) is 1. The smallest absolute Gasteiger partial charge is 0.279 e. The first-order chi connectivity index (χ1) is 14.4. The van der Waals surface area contributed by atoms with Crippen molar-refractivity contribution < 1.29 is 9.72 Å². The molecule has 158 valence electrons. The predicted octanol–water partition coefficient (Wildman–Crippen LogP) is 5.38. The second-order valence-electron chi connectivity index (χ2n) is 8.11. The number of hydrogen-bond acceptors (Lipinski definition) is 5. The molecule has 4 nitrogen and oxygen atoms in total. The van der Waals surface area contributed by atoms with Crippen LogP contribution >= 0.6 is 46.7 Å². The molecule has 0 atom stereocenters. The van der Waals surface area contributed by atoms with Gasteiger partial charge < -0.3 is 4.74 Å². The number of anilines is 1. The average Bonchev–Trinajstić information content (AvgIpc) is 2.73. The maximum absolute atomic E-state index is 10.1. The van der Waals surface area contributed by atoms with Crippen LogP contribution in [0, 0.1) is 11.3 Å². The number of H-pyrrole nitrogens is 1. The van der Waals surface area contributed by atoms with Gasteiger partial charge in [0.05, 0.1) is 28.8 Å². The van der Waals surface area contributed by atoms with E-state index in [1.807, 2.05) is 30.0 Å². The van der Waals surface area contributed by atoms with Gasteiger partial charge in [-0.25, -0.2) is 4.98 Å². The Morgan fingerprint density at radius 3 is 2.70 bits per heavy atom. The van der Waals surface area contributed by atoms with Gasteiger partial charge in [-0.3, -0.25) is 4.90 Å². The fourth-order valence-corrected chi connectivity index (χ4v) is 6.23. The number of morpholine rings is 1. The molecule has 2 aliphatic rings. The molecule has 0 unspecified atom stereocenters. The Morgan fingerprint density at radius 1 is 1.23 bits per heavy atom. The summed E-state index contributed by atoms with van der Waals surface area (Å²) in [6.45, 7) is 7.70. The van der Waals surface area contributed by atoms with E-state index in [1.54, 1.807) is 11.8 Å². The van der Waals surface area contributed by atoms with Crippen LogP contribution in [0.3, 0.4) is 0 Å². The summed E-state index contributed by atoms with van der Waals surface area (Å²) in [5, 5.41) is 12.1. The normalized spacial score (nSPS) is 18.0. The quantitative estimate of drug-likeness (QED) is 0.549. The Hall–Kier alpha value is -1.10. The molecule has 2 aromatic rings. The van der Waals surface area contributed by atoms with Crippen molar-refractivity contribution in [3.63, 3.8) is 0 Å². The molecule has 30 heavy (non-hydrogen) atoms. The molecule has 0 saturated carbocycles. The molecular formula is C22H24Cl2N3OS2+. The van der Waals surface area contributed by atoms with Gasteiger partial charge in [0.2, 0.25) is 0 Å². The van der Waals surface area contributed by atoms with E-state index in [1.165, 1.54) is 11.1 Å². The molecule has 0 amide bonds. The van der Waals surface area contributed by atoms with Crippen molar-refractivity contribution in [2.24, 2.45) is 0 Å². The Labute approximate surface area is 196 Å². The number of nitrogens with zero attached hydrogens (tertiary/aromatic N) is 2. The van der Waals surface area contributed by atoms with Crippen LogP contribution in [0.1, 0.15) is 36.1 Å². The van der Waals surface area contributed by atoms with Crippen molar-refractivity contribution in [2.75, 3.05) is 31.2 Å². The first-order valence-electron chi connectivity index (χ1n) is 9.92. The van der Waals surface area contributed by atoms with Crippen molar-refractivity contribution in [3.05, 3.63) is 50.5 Å². The van der Waals surface area contributed by atoms with Gasteiger partial charge in [-0.2, -0.15) is 17.0 Å². The summed E-state index contributed by atoms with van der Waals surface area (Å²) < 4.78 is 5.68. The van der Waals surface area contributed by atoms with Crippen LogP contribution < -0.4 is 9.88 Å². The largest absolute Gasteiger partial charge is 0.373 e. The Bertz CT molecular complexity index is 1000. The number of halogens is 2. The molecule has 2 aliphatic heterocycles. The topological polar surface area (TPSA) is 50.4 Å². The molecule has 4 rings (SSSR count). The van der Waals surface area contributed by atoms with Crippen LogP contribution in [-0.4, -0.2) is 31.1 Å². The molecule has 1 N–H and O–H groups in total. The highest BCUT2D eigenvalue weighted by Gasteiger charge is 2.36. The van der Waals surface area contributed by atoms with Gasteiger partial charge in [0, 0.05) is 16.3 Å². The van der Waals surface area contributed by atoms with Gasteiger partial charge in [-0.1, -0.05) is 54.9 Å². The number of nitrogens with one attached hydrogen (secondary N) is 1. The molecule has 1 aromatic carbocycles. The maximum Gasteiger partial charge on any atom is 0.279 e. The predicted molar refractivity (Wildman–Crippen MR) is 126 cm³/mol. The lowest BCUT2D eigenvalue weighted by molar-refractivity contribution is -0.414. The zero-order chi connectivity index (χ0) is 21.3. The number of aromatic nitrogens is 1. The highest BCUT2D eigenvalue weighted by atomic mass is 35.5. The molecule has 0 spiro atoms. The van der Waals surface area contributed by atoms with Crippen molar-refractivity contribution in [1.29, 1.82) is 5.26 Å². The van der Waals surface area contributed by atoms with E-state index < -0.39 is 0 Å². The second-order valence-corrected chi connectivity index (χ2v) is 11.6. The molecule has 8 heteroatoms. The number of rotatable bonds is 4. The molecule has 1 aromatic heterocycles. The van der Waals surface area contributed by atoms with Crippen molar-refractivity contribution in [3.8, 4) is 6.07 Å². The van der Waals surface area contributed by atoms with Gasteiger partial charge in [0.1, 0.15) is 24.7 Å². The molecule has 1 fully saturated rings. The Balaban J connectivity index is 1.73. The number of fused-ring (bicyclic) bond motifs is 1. The summed E-state index contributed by atoms with van der Waals surface area (Å²) in [5.41, 5.74) is 4.32. The molecular weight excluding hydrogens is 457 g/mol. The Kier molecular flexibility index (Phi) is 6.76.